The van der Waals surface area contributed by atoms with Crippen molar-refractivity contribution in [1.29, 1.82) is 0 Å². The highest BCUT2D eigenvalue weighted by Gasteiger charge is 2.17. The second kappa shape index (κ2) is 3.69. The SMILES string of the molecule is CCC(O)C(O)c1cnn(C)c1. The van der Waals surface area contributed by atoms with Crippen LogP contribution in [-0.2, 0) is 7.05 Å². The van der Waals surface area contributed by atoms with Crippen molar-refractivity contribution < 1.29 is 10.2 Å². The van der Waals surface area contributed by atoms with Crippen LogP contribution in [0.3, 0.4) is 0 Å². The fourth-order valence-electron chi connectivity index (χ4n) is 1.04. The number of aliphatic hydroxyl groups excluding tert-OH is 2. The minimum absolute atomic E-state index is 0.538. The molecule has 68 valence electrons. The van der Waals surface area contributed by atoms with Gasteiger partial charge in [-0.1, -0.05) is 6.92 Å². The molecule has 0 aliphatic rings. The zero-order valence-electron chi connectivity index (χ0n) is 7.31. The summed E-state index contributed by atoms with van der Waals surface area (Å²) >= 11 is 0. The van der Waals surface area contributed by atoms with Crippen molar-refractivity contribution in [3.8, 4) is 0 Å². The van der Waals surface area contributed by atoms with E-state index < -0.39 is 12.2 Å². The van der Waals surface area contributed by atoms with Crippen LogP contribution in [0.4, 0.5) is 0 Å². The van der Waals surface area contributed by atoms with Gasteiger partial charge in [-0.15, -0.1) is 0 Å². The van der Waals surface area contributed by atoms with Crippen molar-refractivity contribution in [2.24, 2.45) is 7.05 Å². The van der Waals surface area contributed by atoms with E-state index in [9.17, 15) is 10.2 Å². The molecule has 0 spiro atoms. The lowest BCUT2D eigenvalue weighted by molar-refractivity contribution is 0.0164. The Labute approximate surface area is 71.5 Å². The Morgan fingerprint density at radius 3 is 2.67 bits per heavy atom. The molecule has 1 rings (SSSR count). The van der Waals surface area contributed by atoms with Crippen molar-refractivity contribution in [1.82, 2.24) is 9.78 Å². The molecule has 0 bridgehead atoms. The highest BCUT2D eigenvalue weighted by atomic mass is 16.3. The molecule has 0 aliphatic heterocycles. The van der Waals surface area contributed by atoms with Gasteiger partial charge in [-0.3, -0.25) is 4.68 Å². The molecule has 2 N–H and O–H groups in total. The summed E-state index contributed by atoms with van der Waals surface area (Å²) < 4.78 is 1.60. The van der Waals surface area contributed by atoms with Crippen molar-refractivity contribution in [3.63, 3.8) is 0 Å². The average molecular weight is 170 g/mol. The van der Waals surface area contributed by atoms with Crippen molar-refractivity contribution in [2.75, 3.05) is 0 Å². The Morgan fingerprint density at radius 2 is 2.25 bits per heavy atom. The predicted molar refractivity (Wildman–Crippen MR) is 44.5 cm³/mol. The quantitative estimate of drug-likeness (QED) is 0.682. The molecule has 0 saturated carbocycles. The van der Waals surface area contributed by atoms with Crippen LogP contribution in [0.1, 0.15) is 25.0 Å². The Kier molecular flexibility index (Phi) is 2.83. The molecule has 4 nitrogen and oxygen atoms in total. The van der Waals surface area contributed by atoms with E-state index in [0.717, 1.165) is 0 Å². The van der Waals surface area contributed by atoms with Gasteiger partial charge >= 0.3 is 0 Å². The van der Waals surface area contributed by atoms with Gasteiger partial charge in [0, 0.05) is 18.8 Å². The second-order valence-electron chi connectivity index (χ2n) is 2.87. The highest BCUT2D eigenvalue weighted by molar-refractivity contribution is 5.09. The molecule has 2 unspecified atom stereocenters. The number of aromatic nitrogens is 2. The van der Waals surface area contributed by atoms with Gasteiger partial charge in [0.25, 0.3) is 0 Å². The Hall–Kier alpha value is -0.870. The first-order chi connectivity index (χ1) is 5.65. The van der Waals surface area contributed by atoms with Gasteiger partial charge in [0.2, 0.25) is 0 Å². The third-order valence-corrected chi connectivity index (χ3v) is 1.85. The number of aliphatic hydroxyl groups is 2. The Morgan fingerprint density at radius 1 is 1.58 bits per heavy atom. The first-order valence-electron chi connectivity index (χ1n) is 3.99. The predicted octanol–water partition coefficient (Wildman–Crippen LogP) is 0.224. The van der Waals surface area contributed by atoms with Gasteiger partial charge < -0.3 is 10.2 Å². The zero-order chi connectivity index (χ0) is 9.14. The minimum atomic E-state index is -0.816. The molecule has 4 heteroatoms. The maximum absolute atomic E-state index is 9.50. The van der Waals surface area contributed by atoms with Gasteiger partial charge in [0.15, 0.2) is 0 Å². The third-order valence-electron chi connectivity index (χ3n) is 1.85. The molecule has 0 radical (unpaired) electrons. The van der Waals surface area contributed by atoms with Crippen molar-refractivity contribution in [3.05, 3.63) is 18.0 Å². The summed E-state index contributed by atoms with van der Waals surface area (Å²) in [5.41, 5.74) is 0.659. The summed E-state index contributed by atoms with van der Waals surface area (Å²) in [6, 6.07) is 0. The highest BCUT2D eigenvalue weighted by Crippen LogP contribution is 2.17. The van der Waals surface area contributed by atoms with Gasteiger partial charge in [0.1, 0.15) is 6.10 Å². The topological polar surface area (TPSA) is 58.3 Å². The molecular weight excluding hydrogens is 156 g/mol. The van der Waals surface area contributed by atoms with E-state index >= 15 is 0 Å². The maximum atomic E-state index is 9.50. The maximum Gasteiger partial charge on any atom is 0.108 e. The number of hydrogen-bond donors (Lipinski definition) is 2. The van der Waals surface area contributed by atoms with Gasteiger partial charge in [0.05, 0.1) is 12.3 Å². The molecule has 12 heavy (non-hydrogen) atoms. The van der Waals surface area contributed by atoms with E-state index in [1.807, 2.05) is 6.92 Å². The number of hydrogen-bond acceptors (Lipinski definition) is 3. The van der Waals surface area contributed by atoms with Crippen LogP contribution in [0, 0.1) is 0 Å². The van der Waals surface area contributed by atoms with Gasteiger partial charge in [-0.05, 0) is 6.42 Å². The Bertz CT molecular complexity index is 247. The lowest BCUT2D eigenvalue weighted by atomic mass is 10.1. The third kappa shape index (κ3) is 1.84. The van der Waals surface area contributed by atoms with E-state index in [1.54, 1.807) is 24.1 Å². The zero-order valence-corrected chi connectivity index (χ0v) is 7.31. The summed E-state index contributed by atoms with van der Waals surface area (Å²) in [4.78, 5) is 0. The molecule has 2 atom stereocenters. The van der Waals surface area contributed by atoms with E-state index in [4.69, 9.17) is 0 Å². The Balaban J connectivity index is 2.70. The molecule has 0 saturated heterocycles. The monoisotopic (exact) mass is 170 g/mol. The molecule has 0 aliphatic carbocycles. The molecule has 0 amide bonds. The lowest BCUT2D eigenvalue weighted by Gasteiger charge is -2.13. The molecule has 0 fully saturated rings. The van der Waals surface area contributed by atoms with Crippen LogP contribution >= 0.6 is 0 Å². The van der Waals surface area contributed by atoms with E-state index in [2.05, 4.69) is 5.10 Å². The normalized spacial score (nSPS) is 16.0. The van der Waals surface area contributed by atoms with E-state index in [1.165, 1.54) is 0 Å². The molecule has 1 aromatic heterocycles. The molecule has 1 heterocycles. The van der Waals surface area contributed by atoms with E-state index in [-0.39, 0.29) is 0 Å². The molecule has 1 aromatic rings. The summed E-state index contributed by atoms with van der Waals surface area (Å²) in [6.07, 6.45) is 2.28. The first-order valence-corrected chi connectivity index (χ1v) is 3.99. The summed E-state index contributed by atoms with van der Waals surface area (Å²) in [5, 5.41) is 22.7. The summed E-state index contributed by atoms with van der Waals surface area (Å²) in [6.45, 7) is 1.82. The van der Waals surface area contributed by atoms with E-state index in [0.29, 0.717) is 12.0 Å². The standard InChI is InChI=1S/C8H14N2O2/c1-3-7(11)8(12)6-4-9-10(2)5-6/h4-5,7-8,11-12H,3H2,1-2H3. The second-order valence-corrected chi connectivity index (χ2v) is 2.87. The number of aryl methyl sites for hydroxylation is 1. The van der Waals surface area contributed by atoms with Crippen molar-refractivity contribution >= 4 is 0 Å². The fourth-order valence-corrected chi connectivity index (χ4v) is 1.04. The summed E-state index contributed by atoms with van der Waals surface area (Å²) in [7, 11) is 1.77. The van der Waals surface area contributed by atoms with Gasteiger partial charge in [-0.25, -0.2) is 0 Å². The first kappa shape index (κ1) is 9.22. The van der Waals surface area contributed by atoms with Crippen molar-refractivity contribution in [2.45, 2.75) is 25.6 Å². The van der Waals surface area contributed by atoms with Crippen LogP contribution in [0.25, 0.3) is 0 Å². The molecule has 0 aromatic carbocycles. The van der Waals surface area contributed by atoms with Crippen LogP contribution < -0.4 is 0 Å². The fraction of sp³-hybridized carbons (Fsp3) is 0.625. The van der Waals surface area contributed by atoms with Gasteiger partial charge in [-0.2, -0.15) is 5.10 Å². The summed E-state index contributed by atoms with van der Waals surface area (Å²) in [5.74, 6) is 0. The van der Waals surface area contributed by atoms with Crippen LogP contribution in [0.15, 0.2) is 12.4 Å². The average Bonchev–Trinajstić information content (AvgIpc) is 2.49. The minimum Gasteiger partial charge on any atom is -0.390 e. The van der Waals surface area contributed by atoms with Crippen LogP contribution in [0.2, 0.25) is 0 Å². The van der Waals surface area contributed by atoms with Crippen LogP contribution in [0.5, 0.6) is 0 Å². The lowest BCUT2D eigenvalue weighted by Crippen LogP contribution is -2.16. The molecular formula is C8H14N2O2. The number of rotatable bonds is 3. The number of nitrogens with zero attached hydrogens (tertiary/aromatic N) is 2. The largest absolute Gasteiger partial charge is 0.390 e. The smallest absolute Gasteiger partial charge is 0.108 e. The van der Waals surface area contributed by atoms with Crippen LogP contribution in [-0.4, -0.2) is 26.1 Å².